The molecule has 2 aliphatic rings. The summed E-state index contributed by atoms with van der Waals surface area (Å²) >= 11 is 0. The number of morpholine rings is 1. The molecule has 5 rings (SSSR count). The lowest BCUT2D eigenvalue weighted by molar-refractivity contribution is 0.123. The van der Waals surface area contributed by atoms with Gasteiger partial charge in [0.1, 0.15) is 0 Å². The first kappa shape index (κ1) is 16.7. The van der Waals surface area contributed by atoms with E-state index in [0.717, 1.165) is 61.1 Å². The number of rotatable bonds is 6. The smallest absolute Gasteiger partial charge is 0.178 e. The van der Waals surface area contributed by atoms with Crippen LogP contribution >= 0.6 is 0 Å². The molecule has 0 aromatic carbocycles. The van der Waals surface area contributed by atoms with Crippen molar-refractivity contribution in [1.82, 2.24) is 24.4 Å². The number of anilines is 1. The molecule has 1 saturated carbocycles. The summed E-state index contributed by atoms with van der Waals surface area (Å²) in [5, 5.41) is 9.14. The molecule has 0 atom stereocenters. The van der Waals surface area contributed by atoms with Crippen molar-refractivity contribution in [2.45, 2.75) is 25.3 Å². The molecular formula is C19H24N6O2. The van der Waals surface area contributed by atoms with Crippen molar-refractivity contribution < 1.29 is 9.47 Å². The molecule has 8 heteroatoms. The van der Waals surface area contributed by atoms with Crippen LogP contribution in [0.4, 0.5) is 5.69 Å². The number of fused-ring (bicyclic) bond motifs is 1. The van der Waals surface area contributed by atoms with Crippen LogP contribution in [0.15, 0.2) is 24.7 Å². The van der Waals surface area contributed by atoms with Crippen LogP contribution in [0.2, 0.25) is 0 Å². The van der Waals surface area contributed by atoms with Crippen LogP contribution in [-0.2, 0) is 16.0 Å². The average molecular weight is 368 g/mol. The molecule has 1 saturated heterocycles. The van der Waals surface area contributed by atoms with Gasteiger partial charge in [-0.1, -0.05) is 0 Å². The number of methoxy groups -OCH3 is 1. The zero-order valence-corrected chi connectivity index (χ0v) is 15.5. The number of hydrogen-bond acceptors (Lipinski definition) is 6. The summed E-state index contributed by atoms with van der Waals surface area (Å²) in [6.07, 6.45) is 8.24. The third kappa shape index (κ3) is 3.08. The van der Waals surface area contributed by atoms with Crippen molar-refractivity contribution in [2.75, 3.05) is 44.9 Å². The van der Waals surface area contributed by atoms with Crippen molar-refractivity contribution in [3.63, 3.8) is 0 Å². The summed E-state index contributed by atoms with van der Waals surface area (Å²) in [4.78, 5) is 7.40. The van der Waals surface area contributed by atoms with E-state index in [2.05, 4.69) is 27.4 Å². The third-order valence-corrected chi connectivity index (χ3v) is 5.27. The predicted molar refractivity (Wildman–Crippen MR) is 101 cm³/mol. The minimum absolute atomic E-state index is 0.529. The number of aromatic nitrogens is 5. The second kappa shape index (κ2) is 6.94. The van der Waals surface area contributed by atoms with Gasteiger partial charge < -0.3 is 14.4 Å². The highest BCUT2D eigenvalue weighted by Crippen LogP contribution is 2.44. The molecule has 0 bridgehead atoms. The first-order valence-corrected chi connectivity index (χ1v) is 9.57. The highest BCUT2D eigenvalue weighted by atomic mass is 16.5. The Kier molecular flexibility index (Phi) is 4.29. The summed E-state index contributed by atoms with van der Waals surface area (Å²) in [6.45, 7) is 4.65. The standard InChI is InChI=1S/C19H24N6O2/c1-26-9-8-24-13-15(12-21-24)18-17(14-2-3-14)22-19-16(4-5-20-25(18)19)23-6-10-27-11-7-23/h4-5,12-14H,2-3,6-11H2,1H3. The monoisotopic (exact) mass is 368 g/mol. The summed E-state index contributed by atoms with van der Waals surface area (Å²) in [6, 6.07) is 2.07. The Bertz CT molecular complexity index is 939. The Morgan fingerprint density at radius 2 is 2.07 bits per heavy atom. The van der Waals surface area contributed by atoms with E-state index in [9.17, 15) is 0 Å². The molecule has 4 heterocycles. The number of nitrogens with zero attached hydrogens (tertiary/aromatic N) is 6. The molecule has 0 N–H and O–H groups in total. The highest BCUT2D eigenvalue weighted by Gasteiger charge is 2.32. The van der Waals surface area contributed by atoms with Crippen molar-refractivity contribution in [3.8, 4) is 11.3 Å². The fourth-order valence-corrected chi connectivity index (χ4v) is 3.71. The van der Waals surface area contributed by atoms with Gasteiger partial charge in [-0.3, -0.25) is 4.68 Å². The Hall–Kier alpha value is -2.45. The molecule has 0 radical (unpaired) electrons. The molecule has 0 spiro atoms. The first-order valence-electron chi connectivity index (χ1n) is 9.57. The van der Waals surface area contributed by atoms with Gasteiger partial charge in [0.15, 0.2) is 5.65 Å². The zero-order valence-electron chi connectivity index (χ0n) is 15.5. The average Bonchev–Trinajstić information content (AvgIpc) is 3.33. The molecule has 1 aliphatic heterocycles. The zero-order chi connectivity index (χ0) is 18.2. The molecule has 8 nitrogen and oxygen atoms in total. The highest BCUT2D eigenvalue weighted by molar-refractivity contribution is 5.75. The van der Waals surface area contributed by atoms with Crippen molar-refractivity contribution >= 4 is 11.3 Å². The maximum absolute atomic E-state index is 5.51. The van der Waals surface area contributed by atoms with E-state index in [-0.39, 0.29) is 0 Å². The molecule has 0 unspecified atom stereocenters. The van der Waals surface area contributed by atoms with Crippen LogP contribution in [0.25, 0.3) is 16.9 Å². The number of ether oxygens (including phenoxy) is 2. The third-order valence-electron chi connectivity index (χ3n) is 5.27. The maximum Gasteiger partial charge on any atom is 0.178 e. The Labute approximate surface area is 157 Å². The van der Waals surface area contributed by atoms with E-state index in [1.54, 1.807) is 7.11 Å². The molecule has 2 fully saturated rings. The summed E-state index contributed by atoms with van der Waals surface area (Å²) < 4.78 is 14.6. The van der Waals surface area contributed by atoms with Crippen molar-refractivity contribution in [3.05, 3.63) is 30.4 Å². The van der Waals surface area contributed by atoms with Gasteiger partial charge in [-0.05, 0) is 18.9 Å². The van der Waals surface area contributed by atoms with E-state index in [1.165, 1.54) is 12.8 Å². The number of imidazole rings is 1. The van der Waals surface area contributed by atoms with Gasteiger partial charge in [0, 0.05) is 37.9 Å². The van der Waals surface area contributed by atoms with E-state index >= 15 is 0 Å². The minimum Gasteiger partial charge on any atom is -0.383 e. The minimum atomic E-state index is 0.529. The SMILES string of the molecule is COCCn1cc(-c2c(C3CC3)nc3c(N4CCOCC4)ccnn23)cn1. The first-order chi connectivity index (χ1) is 13.3. The van der Waals surface area contributed by atoms with Crippen LogP contribution in [0.1, 0.15) is 24.5 Å². The Morgan fingerprint density at radius 3 is 2.85 bits per heavy atom. The molecule has 27 heavy (non-hydrogen) atoms. The normalized spacial score (nSPS) is 17.7. The van der Waals surface area contributed by atoms with Crippen molar-refractivity contribution in [1.29, 1.82) is 0 Å². The fourth-order valence-electron chi connectivity index (χ4n) is 3.71. The number of hydrogen-bond donors (Lipinski definition) is 0. The molecular weight excluding hydrogens is 344 g/mol. The van der Waals surface area contributed by atoms with Crippen molar-refractivity contribution in [2.24, 2.45) is 0 Å². The summed E-state index contributed by atoms with van der Waals surface area (Å²) in [5.41, 5.74) is 5.35. The fraction of sp³-hybridized carbons (Fsp3) is 0.526. The Balaban J connectivity index is 1.60. The largest absolute Gasteiger partial charge is 0.383 e. The van der Waals surface area contributed by atoms with Gasteiger partial charge in [-0.2, -0.15) is 10.2 Å². The van der Waals surface area contributed by atoms with E-state index in [1.807, 2.05) is 21.6 Å². The van der Waals surface area contributed by atoms with Crippen LogP contribution in [0.3, 0.4) is 0 Å². The van der Waals surface area contributed by atoms with Crippen LogP contribution in [0.5, 0.6) is 0 Å². The maximum atomic E-state index is 5.51. The topological polar surface area (TPSA) is 69.7 Å². The lowest BCUT2D eigenvalue weighted by Gasteiger charge is -2.28. The molecule has 142 valence electrons. The second-order valence-electron chi connectivity index (χ2n) is 7.16. The predicted octanol–water partition coefficient (Wildman–Crippen LogP) is 1.95. The van der Waals surface area contributed by atoms with Gasteiger partial charge in [0.25, 0.3) is 0 Å². The van der Waals surface area contributed by atoms with Crippen LogP contribution in [0, 0.1) is 0 Å². The van der Waals surface area contributed by atoms with Gasteiger partial charge in [0.05, 0.1) is 55.8 Å². The van der Waals surface area contributed by atoms with Gasteiger partial charge in [0.2, 0.25) is 0 Å². The molecule has 0 amide bonds. The Morgan fingerprint density at radius 1 is 1.22 bits per heavy atom. The van der Waals surface area contributed by atoms with Gasteiger partial charge in [-0.25, -0.2) is 9.50 Å². The van der Waals surface area contributed by atoms with E-state index in [4.69, 9.17) is 14.5 Å². The van der Waals surface area contributed by atoms with Gasteiger partial charge >= 0.3 is 0 Å². The van der Waals surface area contributed by atoms with E-state index < -0.39 is 0 Å². The van der Waals surface area contributed by atoms with Gasteiger partial charge in [-0.15, -0.1) is 0 Å². The molecule has 1 aliphatic carbocycles. The quantitative estimate of drug-likeness (QED) is 0.662. The van der Waals surface area contributed by atoms with Crippen LogP contribution in [-0.4, -0.2) is 64.4 Å². The lowest BCUT2D eigenvalue weighted by atomic mass is 10.1. The van der Waals surface area contributed by atoms with Crippen LogP contribution < -0.4 is 4.90 Å². The molecule has 3 aromatic rings. The summed E-state index contributed by atoms with van der Waals surface area (Å²) in [5.74, 6) is 0.529. The lowest BCUT2D eigenvalue weighted by Crippen LogP contribution is -2.36. The second-order valence-corrected chi connectivity index (χ2v) is 7.16. The summed E-state index contributed by atoms with van der Waals surface area (Å²) in [7, 11) is 1.71. The molecule has 3 aromatic heterocycles. The van der Waals surface area contributed by atoms with E-state index in [0.29, 0.717) is 12.5 Å².